The first-order valence-corrected chi connectivity index (χ1v) is 6.46. The van der Waals surface area contributed by atoms with Crippen molar-refractivity contribution in [3.8, 4) is 0 Å². The molecule has 0 N–H and O–H groups in total. The molecular formula is C11H21ClN2. The first-order chi connectivity index (χ1) is 6.90. The van der Waals surface area contributed by atoms with Gasteiger partial charge in [0.25, 0.3) is 0 Å². The van der Waals surface area contributed by atoms with Gasteiger partial charge in [0.1, 0.15) is 0 Å². The fourth-order valence-corrected chi connectivity index (χ4v) is 2.98. The molecule has 0 aromatic rings. The summed E-state index contributed by atoms with van der Waals surface area (Å²) in [7, 11) is 0. The highest BCUT2D eigenvalue weighted by molar-refractivity contribution is 6.18. The first kappa shape index (κ1) is 10.7. The van der Waals surface area contributed by atoms with Crippen molar-refractivity contribution in [2.75, 3.05) is 38.6 Å². The van der Waals surface area contributed by atoms with Gasteiger partial charge in [0.15, 0.2) is 0 Å². The molecule has 2 fully saturated rings. The molecule has 0 aromatic heterocycles. The van der Waals surface area contributed by atoms with E-state index in [1.165, 1.54) is 51.9 Å². The van der Waals surface area contributed by atoms with Crippen LogP contribution in [0.5, 0.6) is 0 Å². The molecule has 2 nitrogen and oxygen atoms in total. The van der Waals surface area contributed by atoms with E-state index in [4.69, 9.17) is 11.6 Å². The summed E-state index contributed by atoms with van der Waals surface area (Å²) >= 11 is 5.74. The largest absolute Gasteiger partial charge is 0.300 e. The van der Waals surface area contributed by atoms with Gasteiger partial charge in [0.05, 0.1) is 0 Å². The van der Waals surface area contributed by atoms with Crippen LogP contribution in [0, 0.1) is 0 Å². The Morgan fingerprint density at radius 3 is 2.21 bits per heavy atom. The van der Waals surface area contributed by atoms with Crippen LogP contribution in [0.15, 0.2) is 0 Å². The van der Waals surface area contributed by atoms with Gasteiger partial charge in [-0.1, -0.05) is 12.8 Å². The van der Waals surface area contributed by atoms with Gasteiger partial charge in [-0.2, -0.15) is 0 Å². The molecule has 1 saturated heterocycles. The quantitative estimate of drug-likeness (QED) is 0.664. The van der Waals surface area contributed by atoms with Crippen LogP contribution in [-0.4, -0.2) is 54.4 Å². The highest BCUT2D eigenvalue weighted by atomic mass is 35.5. The van der Waals surface area contributed by atoms with Crippen LogP contribution in [0.25, 0.3) is 0 Å². The van der Waals surface area contributed by atoms with E-state index in [1.54, 1.807) is 0 Å². The van der Waals surface area contributed by atoms with Gasteiger partial charge < -0.3 is 0 Å². The smallest absolute Gasteiger partial charge is 0.0351 e. The lowest BCUT2D eigenvalue weighted by Gasteiger charge is -2.37. The fourth-order valence-electron chi connectivity index (χ4n) is 2.74. The van der Waals surface area contributed by atoms with Crippen LogP contribution in [0.4, 0.5) is 0 Å². The molecule has 0 radical (unpaired) electrons. The predicted octanol–water partition coefficient (Wildman–Crippen LogP) is 1.79. The van der Waals surface area contributed by atoms with Gasteiger partial charge >= 0.3 is 0 Å². The predicted molar refractivity (Wildman–Crippen MR) is 61.0 cm³/mol. The molecule has 2 rings (SSSR count). The number of hydrogen-bond donors (Lipinski definition) is 0. The maximum absolute atomic E-state index is 5.74. The first-order valence-electron chi connectivity index (χ1n) is 5.92. The molecule has 1 saturated carbocycles. The Labute approximate surface area is 92.2 Å². The third-order valence-corrected chi connectivity index (χ3v) is 3.82. The van der Waals surface area contributed by atoms with E-state index in [1.807, 2.05) is 0 Å². The molecule has 14 heavy (non-hydrogen) atoms. The third kappa shape index (κ3) is 2.62. The second-order valence-electron chi connectivity index (χ2n) is 4.50. The summed E-state index contributed by atoms with van der Waals surface area (Å²) in [6.45, 7) is 6.05. The van der Waals surface area contributed by atoms with Crippen molar-refractivity contribution in [2.24, 2.45) is 0 Å². The standard InChI is InChI=1S/C11H21ClN2/c12-5-6-13-7-9-14(10-8-13)11-3-1-2-4-11/h11H,1-10H2. The zero-order valence-corrected chi connectivity index (χ0v) is 9.68. The molecule has 0 unspecified atom stereocenters. The Kier molecular flexibility index (Phi) is 4.09. The van der Waals surface area contributed by atoms with Crippen LogP contribution < -0.4 is 0 Å². The molecule has 0 aromatic carbocycles. The topological polar surface area (TPSA) is 6.48 Å². The number of nitrogens with zero attached hydrogens (tertiary/aromatic N) is 2. The molecule has 1 aliphatic heterocycles. The van der Waals surface area contributed by atoms with E-state index in [0.717, 1.165) is 18.5 Å². The molecule has 82 valence electrons. The number of piperazine rings is 1. The zero-order valence-electron chi connectivity index (χ0n) is 8.92. The Morgan fingerprint density at radius 2 is 1.64 bits per heavy atom. The average molecular weight is 217 g/mol. The van der Waals surface area contributed by atoms with Gasteiger partial charge in [-0.15, -0.1) is 11.6 Å². The zero-order chi connectivity index (χ0) is 9.80. The van der Waals surface area contributed by atoms with E-state index in [9.17, 15) is 0 Å². The molecule has 0 spiro atoms. The van der Waals surface area contributed by atoms with Crippen molar-refractivity contribution in [3.63, 3.8) is 0 Å². The Bertz CT molecular complexity index is 161. The minimum absolute atomic E-state index is 0.781. The molecular weight excluding hydrogens is 196 g/mol. The molecule has 1 heterocycles. The van der Waals surface area contributed by atoms with Gasteiger partial charge in [0, 0.05) is 44.6 Å². The molecule has 0 atom stereocenters. The molecule has 0 amide bonds. The molecule has 2 aliphatic rings. The van der Waals surface area contributed by atoms with Crippen LogP contribution in [-0.2, 0) is 0 Å². The van der Waals surface area contributed by atoms with Crippen molar-refractivity contribution in [1.29, 1.82) is 0 Å². The lowest BCUT2D eigenvalue weighted by molar-refractivity contribution is 0.102. The fraction of sp³-hybridized carbons (Fsp3) is 1.00. The summed E-state index contributed by atoms with van der Waals surface area (Å²) in [6, 6.07) is 0.910. The van der Waals surface area contributed by atoms with Crippen LogP contribution >= 0.6 is 11.6 Å². The Hall–Kier alpha value is 0.210. The van der Waals surface area contributed by atoms with Crippen LogP contribution in [0.1, 0.15) is 25.7 Å². The van der Waals surface area contributed by atoms with E-state index >= 15 is 0 Å². The Balaban J connectivity index is 1.72. The molecule has 1 aliphatic carbocycles. The second-order valence-corrected chi connectivity index (χ2v) is 4.88. The highest BCUT2D eigenvalue weighted by Crippen LogP contribution is 2.24. The van der Waals surface area contributed by atoms with Crippen molar-refractivity contribution in [2.45, 2.75) is 31.7 Å². The maximum atomic E-state index is 5.74. The lowest BCUT2D eigenvalue weighted by atomic mass is 10.2. The lowest BCUT2D eigenvalue weighted by Crippen LogP contribution is -2.49. The normalized spacial score (nSPS) is 27.2. The molecule has 0 bridgehead atoms. The monoisotopic (exact) mass is 216 g/mol. The summed E-state index contributed by atoms with van der Waals surface area (Å²) in [4.78, 5) is 5.18. The third-order valence-electron chi connectivity index (χ3n) is 3.65. The van der Waals surface area contributed by atoms with Gasteiger partial charge in [-0.3, -0.25) is 9.80 Å². The minimum Gasteiger partial charge on any atom is -0.300 e. The number of alkyl halides is 1. The number of halogens is 1. The average Bonchev–Trinajstić information content (AvgIpc) is 2.72. The summed E-state index contributed by atoms with van der Waals surface area (Å²) in [5, 5.41) is 0. The molecule has 3 heteroatoms. The van der Waals surface area contributed by atoms with E-state index in [2.05, 4.69) is 9.80 Å². The maximum Gasteiger partial charge on any atom is 0.0351 e. The summed E-state index contributed by atoms with van der Waals surface area (Å²) in [5.74, 6) is 0.781. The van der Waals surface area contributed by atoms with Crippen LogP contribution in [0.3, 0.4) is 0 Å². The Morgan fingerprint density at radius 1 is 1.00 bits per heavy atom. The summed E-state index contributed by atoms with van der Waals surface area (Å²) in [6.07, 6.45) is 5.78. The van der Waals surface area contributed by atoms with Gasteiger partial charge in [-0.05, 0) is 12.8 Å². The minimum atomic E-state index is 0.781. The highest BCUT2D eigenvalue weighted by Gasteiger charge is 2.25. The van der Waals surface area contributed by atoms with Crippen LogP contribution in [0.2, 0.25) is 0 Å². The number of rotatable bonds is 3. The van der Waals surface area contributed by atoms with Crippen molar-refractivity contribution in [1.82, 2.24) is 9.80 Å². The summed E-state index contributed by atoms with van der Waals surface area (Å²) in [5.41, 5.74) is 0. The van der Waals surface area contributed by atoms with E-state index in [-0.39, 0.29) is 0 Å². The number of hydrogen-bond acceptors (Lipinski definition) is 2. The van der Waals surface area contributed by atoms with Gasteiger partial charge in [-0.25, -0.2) is 0 Å². The van der Waals surface area contributed by atoms with E-state index < -0.39 is 0 Å². The van der Waals surface area contributed by atoms with E-state index in [0.29, 0.717) is 0 Å². The van der Waals surface area contributed by atoms with Gasteiger partial charge in [0.2, 0.25) is 0 Å². The van der Waals surface area contributed by atoms with Crippen molar-refractivity contribution in [3.05, 3.63) is 0 Å². The SMILES string of the molecule is ClCCN1CCN(C2CCCC2)CC1. The van der Waals surface area contributed by atoms with Crippen molar-refractivity contribution >= 4 is 11.6 Å². The second kappa shape index (κ2) is 5.34. The van der Waals surface area contributed by atoms with Crippen molar-refractivity contribution < 1.29 is 0 Å². The summed E-state index contributed by atoms with van der Waals surface area (Å²) < 4.78 is 0.